The molecule has 1 aromatic rings. The van der Waals surface area contributed by atoms with Crippen molar-refractivity contribution in [1.29, 1.82) is 0 Å². The number of amides is 2. The van der Waals surface area contributed by atoms with Gasteiger partial charge in [-0.1, -0.05) is 6.07 Å². The Morgan fingerprint density at radius 2 is 2.00 bits per heavy atom. The summed E-state index contributed by atoms with van der Waals surface area (Å²) >= 11 is 0. The van der Waals surface area contributed by atoms with E-state index in [-0.39, 0.29) is 30.1 Å². The third kappa shape index (κ3) is 3.44. The van der Waals surface area contributed by atoms with Gasteiger partial charge in [0, 0.05) is 27.1 Å². The van der Waals surface area contributed by atoms with Crippen molar-refractivity contribution in [2.45, 2.75) is 6.42 Å². The number of carbonyl (C=O) groups excluding carboxylic acids is 2. The van der Waals surface area contributed by atoms with Crippen molar-refractivity contribution in [1.82, 2.24) is 10.6 Å². The van der Waals surface area contributed by atoms with Crippen LogP contribution in [-0.4, -0.2) is 32.5 Å². The highest BCUT2D eigenvalue weighted by Crippen LogP contribution is 2.18. The first-order valence-corrected chi connectivity index (χ1v) is 5.55. The van der Waals surface area contributed by atoms with E-state index in [2.05, 4.69) is 16.0 Å². The van der Waals surface area contributed by atoms with Gasteiger partial charge < -0.3 is 16.0 Å². The fraction of sp³-hybridized carbons (Fsp3) is 0.333. The number of para-hydroxylation sites is 1. The summed E-state index contributed by atoms with van der Waals surface area (Å²) in [7, 11) is 3.07. The molecule has 98 valence electrons. The molecule has 18 heavy (non-hydrogen) atoms. The number of benzene rings is 1. The van der Waals surface area contributed by atoms with Gasteiger partial charge in [0.2, 0.25) is 5.91 Å². The summed E-state index contributed by atoms with van der Waals surface area (Å²) in [4.78, 5) is 22.8. The summed E-state index contributed by atoms with van der Waals surface area (Å²) in [6, 6.07) is 4.25. The van der Waals surface area contributed by atoms with Crippen LogP contribution in [-0.2, 0) is 4.79 Å². The Labute approximate surface area is 105 Å². The lowest BCUT2D eigenvalue weighted by Crippen LogP contribution is -2.29. The number of rotatable bonds is 5. The first kappa shape index (κ1) is 14.0. The molecule has 0 aliphatic carbocycles. The molecule has 0 saturated carbocycles. The molecular weight excluding hydrogens is 237 g/mol. The fourth-order valence-corrected chi connectivity index (χ4v) is 1.48. The van der Waals surface area contributed by atoms with E-state index in [0.717, 1.165) is 0 Å². The van der Waals surface area contributed by atoms with Crippen molar-refractivity contribution in [3.8, 4) is 0 Å². The van der Waals surface area contributed by atoms with E-state index in [4.69, 9.17) is 0 Å². The minimum Gasteiger partial charge on any atom is -0.385 e. The third-order valence-corrected chi connectivity index (χ3v) is 2.42. The maximum absolute atomic E-state index is 13.4. The molecule has 1 aromatic carbocycles. The van der Waals surface area contributed by atoms with Gasteiger partial charge in [0.05, 0.1) is 11.3 Å². The predicted octanol–water partition coefficient (Wildman–Crippen LogP) is 0.733. The second-order valence-corrected chi connectivity index (χ2v) is 3.59. The summed E-state index contributed by atoms with van der Waals surface area (Å²) in [6.45, 7) is 0.207. The van der Waals surface area contributed by atoms with Gasteiger partial charge in [-0.25, -0.2) is 4.39 Å². The van der Waals surface area contributed by atoms with Crippen LogP contribution in [0.5, 0.6) is 0 Å². The minimum atomic E-state index is -0.489. The minimum absolute atomic E-state index is 0.148. The number of anilines is 1. The zero-order chi connectivity index (χ0) is 13.5. The number of halogens is 1. The fourth-order valence-electron chi connectivity index (χ4n) is 1.48. The lowest BCUT2D eigenvalue weighted by molar-refractivity contribution is -0.120. The van der Waals surface area contributed by atoms with E-state index in [1.54, 1.807) is 7.05 Å². The predicted molar refractivity (Wildman–Crippen MR) is 67.0 cm³/mol. The Morgan fingerprint density at radius 3 is 2.61 bits per heavy atom. The normalized spacial score (nSPS) is 9.72. The van der Waals surface area contributed by atoms with Crippen LogP contribution in [0.4, 0.5) is 10.1 Å². The molecule has 0 saturated heterocycles. The van der Waals surface area contributed by atoms with Crippen molar-refractivity contribution >= 4 is 17.5 Å². The van der Waals surface area contributed by atoms with Crippen LogP contribution in [0.3, 0.4) is 0 Å². The van der Waals surface area contributed by atoms with Crippen LogP contribution >= 0.6 is 0 Å². The SMILES string of the molecule is CNC(=O)CCNC(=O)c1cccc(F)c1NC. The average molecular weight is 253 g/mol. The second-order valence-electron chi connectivity index (χ2n) is 3.59. The first-order valence-electron chi connectivity index (χ1n) is 5.55. The molecule has 0 aliphatic rings. The van der Waals surface area contributed by atoms with Crippen LogP contribution in [0.1, 0.15) is 16.8 Å². The van der Waals surface area contributed by atoms with Gasteiger partial charge in [-0.3, -0.25) is 9.59 Å². The van der Waals surface area contributed by atoms with Crippen LogP contribution in [0, 0.1) is 5.82 Å². The Balaban J connectivity index is 2.67. The number of carbonyl (C=O) groups is 2. The molecule has 0 bridgehead atoms. The molecule has 5 nitrogen and oxygen atoms in total. The quantitative estimate of drug-likeness (QED) is 0.724. The molecule has 0 aromatic heterocycles. The lowest BCUT2D eigenvalue weighted by Gasteiger charge is -2.10. The summed E-state index contributed by atoms with van der Waals surface area (Å²) in [6.07, 6.45) is 0.187. The molecule has 0 heterocycles. The third-order valence-electron chi connectivity index (χ3n) is 2.42. The Kier molecular flexibility index (Phi) is 5.10. The Bertz CT molecular complexity index is 449. The Morgan fingerprint density at radius 1 is 1.28 bits per heavy atom. The van der Waals surface area contributed by atoms with Crippen molar-refractivity contribution in [3.63, 3.8) is 0 Å². The van der Waals surface area contributed by atoms with Gasteiger partial charge in [0.15, 0.2) is 0 Å². The molecule has 3 N–H and O–H groups in total. The summed E-state index contributed by atoms with van der Waals surface area (Å²) in [5, 5.41) is 7.65. The highest BCUT2D eigenvalue weighted by Gasteiger charge is 2.13. The average Bonchev–Trinajstić information content (AvgIpc) is 2.37. The largest absolute Gasteiger partial charge is 0.385 e. The standard InChI is InChI=1S/C12H16FN3O2/c1-14-10(17)6-7-16-12(18)8-4-3-5-9(13)11(8)15-2/h3-5,15H,6-7H2,1-2H3,(H,14,17)(H,16,18). The highest BCUT2D eigenvalue weighted by molar-refractivity contribution is 5.99. The topological polar surface area (TPSA) is 70.2 Å². The monoisotopic (exact) mass is 253 g/mol. The number of nitrogens with one attached hydrogen (secondary N) is 3. The highest BCUT2D eigenvalue weighted by atomic mass is 19.1. The van der Waals surface area contributed by atoms with Crippen LogP contribution < -0.4 is 16.0 Å². The van der Waals surface area contributed by atoms with Crippen LogP contribution in [0.15, 0.2) is 18.2 Å². The molecule has 0 spiro atoms. The van der Waals surface area contributed by atoms with Crippen LogP contribution in [0.25, 0.3) is 0 Å². The van der Waals surface area contributed by atoms with Gasteiger partial charge >= 0.3 is 0 Å². The summed E-state index contributed by atoms with van der Waals surface area (Å²) in [5.41, 5.74) is 0.365. The summed E-state index contributed by atoms with van der Waals surface area (Å²) < 4.78 is 13.4. The van der Waals surface area contributed by atoms with E-state index in [0.29, 0.717) is 0 Å². The molecule has 0 fully saturated rings. The zero-order valence-electron chi connectivity index (χ0n) is 10.3. The molecule has 0 unspecified atom stereocenters. The Hall–Kier alpha value is -2.11. The lowest BCUT2D eigenvalue weighted by atomic mass is 10.1. The molecule has 0 atom stereocenters. The van der Waals surface area contributed by atoms with Crippen molar-refractivity contribution in [3.05, 3.63) is 29.6 Å². The van der Waals surface area contributed by atoms with Gasteiger partial charge in [-0.15, -0.1) is 0 Å². The van der Waals surface area contributed by atoms with E-state index in [9.17, 15) is 14.0 Å². The molecular formula is C12H16FN3O2. The van der Waals surface area contributed by atoms with Crippen molar-refractivity contribution in [2.75, 3.05) is 26.0 Å². The molecule has 1 rings (SSSR count). The smallest absolute Gasteiger partial charge is 0.253 e. The van der Waals surface area contributed by atoms with Crippen molar-refractivity contribution < 1.29 is 14.0 Å². The van der Waals surface area contributed by atoms with Gasteiger partial charge in [0.25, 0.3) is 5.91 Å². The molecule has 6 heteroatoms. The maximum atomic E-state index is 13.4. The van der Waals surface area contributed by atoms with Crippen molar-refractivity contribution in [2.24, 2.45) is 0 Å². The van der Waals surface area contributed by atoms with E-state index in [1.807, 2.05) is 0 Å². The van der Waals surface area contributed by atoms with E-state index < -0.39 is 11.7 Å². The first-order chi connectivity index (χ1) is 8.60. The molecule has 0 radical (unpaired) electrons. The maximum Gasteiger partial charge on any atom is 0.253 e. The van der Waals surface area contributed by atoms with E-state index >= 15 is 0 Å². The van der Waals surface area contributed by atoms with E-state index in [1.165, 1.54) is 25.2 Å². The summed E-state index contributed by atoms with van der Waals surface area (Å²) in [5.74, 6) is -1.07. The van der Waals surface area contributed by atoms with Crippen LogP contribution in [0.2, 0.25) is 0 Å². The number of hydrogen-bond acceptors (Lipinski definition) is 3. The van der Waals surface area contributed by atoms with Gasteiger partial charge in [-0.05, 0) is 12.1 Å². The molecule has 2 amide bonds. The zero-order valence-corrected chi connectivity index (χ0v) is 10.3. The second kappa shape index (κ2) is 6.58. The number of hydrogen-bond donors (Lipinski definition) is 3. The van der Waals surface area contributed by atoms with Gasteiger partial charge in [-0.2, -0.15) is 0 Å². The molecule has 0 aliphatic heterocycles. The van der Waals surface area contributed by atoms with Gasteiger partial charge in [0.1, 0.15) is 5.82 Å².